The predicted octanol–water partition coefficient (Wildman–Crippen LogP) is 2.42. The molecule has 0 aliphatic rings. The van der Waals surface area contributed by atoms with Crippen molar-refractivity contribution in [1.29, 1.82) is 5.26 Å². The van der Waals surface area contributed by atoms with E-state index in [4.69, 9.17) is 10.00 Å². The molecule has 1 atom stereocenters. The van der Waals surface area contributed by atoms with Crippen LogP contribution in [0.1, 0.15) is 32.8 Å². The summed E-state index contributed by atoms with van der Waals surface area (Å²) >= 11 is 0. The topological polar surface area (TPSA) is 56.5 Å². The number of rotatable bonds is 7. The van der Waals surface area contributed by atoms with Gasteiger partial charge in [0.1, 0.15) is 18.5 Å². The maximum Gasteiger partial charge on any atom is 0.119 e. The average Bonchev–Trinajstić information content (AvgIpc) is 2.45. The number of likely N-dealkylation sites (N-methyl/N-ethyl adjacent to an activating group) is 1. The van der Waals surface area contributed by atoms with Crippen LogP contribution in [0, 0.1) is 11.3 Å². The molecule has 1 aromatic carbocycles. The first-order chi connectivity index (χ1) is 9.39. The summed E-state index contributed by atoms with van der Waals surface area (Å²) in [6, 6.07) is 8.94. The molecule has 0 aliphatic carbocycles. The summed E-state index contributed by atoms with van der Waals surface area (Å²) in [6.07, 6.45) is 0.480. The Kier molecular flexibility index (Phi) is 6.00. The average molecular weight is 276 g/mol. The molecule has 1 rings (SSSR count). The fraction of sp³-hybridized carbons (Fsp3) is 0.562. The third kappa shape index (κ3) is 4.84. The minimum Gasteiger partial charge on any atom is -0.491 e. The normalized spacial score (nSPS) is 13.1. The molecule has 0 aliphatic heterocycles. The molecule has 4 nitrogen and oxygen atoms in total. The van der Waals surface area contributed by atoms with Crippen LogP contribution in [0.15, 0.2) is 24.3 Å². The number of hydrogen-bond donors (Lipinski definition) is 1. The van der Waals surface area contributed by atoms with Gasteiger partial charge >= 0.3 is 0 Å². The van der Waals surface area contributed by atoms with Crippen LogP contribution in [-0.2, 0) is 0 Å². The van der Waals surface area contributed by atoms with Gasteiger partial charge in [0, 0.05) is 12.1 Å². The number of nitrogens with zero attached hydrogens (tertiary/aromatic N) is 2. The van der Waals surface area contributed by atoms with Gasteiger partial charge in [-0.05, 0) is 51.6 Å². The van der Waals surface area contributed by atoms with Crippen LogP contribution in [-0.4, -0.2) is 41.8 Å². The fourth-order valence-electron chi connectivity index (χ4n) is 1.70. The fourth-order valence-corrected chi connectivity index (χ4v) is 1.70. The zero-order chi connectivity index (χ0) is 15.2. The molecule has 0 spiro atoms. The van der Waals surface area contributed by atoms with Crippen LogP contribution in [0.2, 0.25) is 0 Å². The van der Waals surface area contributed by atoms with Crippen molar-refractivity contribution in [1.82, 2.24) is 4.90 Å². The second-order valence-electron chi connectivity index (χ2n) is 5.65. The summed E-state index contributed by atoms with van der Waals surface area (Å²) in [5, 5.41) is 18.7. The number of hydrogen-bond acceptors (Lipinski definition) is 4. The highest BCUT2D eigenvalue weighted by Gasteiger charge is 2.23. The van der Waals surface area contributed by atoms with Crippen molar-refractivity contribution in [3.8, 4) is 11.8 Å². The molecule has 0 aromatic heterocycles. The van der Waals surface area contributed by atoms with Crippen molar-refractivity contribution in [3.63, 3.8) is 0 Å². The van der Waals surface area contributed by atoms with Gasteiger partial charge in [-0.3, -0.25) is 4.90 Å². The number of nitriles is 1. The van der Waals surface area contributed by atoms with Crippen molar-refractivity contribution in [2.45, 2.75) is 38.8 Å². The van der Waals surface area contributed by atoms with Crippen LogP contribution >= 0.6 is 0 Å². The molecule has 4 heteroatoms. The van der Waals surface area contributed by atoms with Crippen molar-refractivity contribution in [2.24, 2.45) is 0 Å². The summed E-state index contributed by atoms with van der Waals surface area (Å²) in [6.45, 7) is 7.26. The van der Waals surface area contributed by atoms with Crippen LogP contribution in [0.4, 0.5) is 0 Å². The SMILES string of the molecule is CCC(C)(C)N(C)CC(O)COc1ccc(C#N)cc1. The van der Waals surface area contributed by atoms with E-state index in [1.807, 2.05) is 7.05 Å². The van der Waals surface area contributed by atoms with Gasteiger partial charge in [0.05, 0.1) is 11.6 Å². The van der Waals surface area contributed by atoms with Crippen LogP contribution < -0.4 is 4.74 Å². The third-order valence-electron chi connectivity index (χ3n) is 3.81. The van der Waals surface area contributed by atoms with Gasteiger partial charge in [0.15, 0.2) is 0 Å². The molecule has 0 amide bonds. The van der Waals surface area contributed by atoms with Crippen LogP contribution in [0.25, 0.3) is 0 Å². The lowest BCUT2D eigenvalue weighted by Crippen LogP contribution is -2.45. The first kappa shape index (κ1) is 16.5. The minimum absolute atomic E-state index is 0.0649. The van der Waals surface area contributed by atoms with E-state index in [9.17, 15) is 5.11 Å². The molecule has 110 valence electrons. The Morgan fingerprint density at radius 3 is 2.45 bits per heavy atom. The van der Waals surface area contributed by atoms with E-state index in [1.165, 1.54) is 0 Å². The summed E-state index contributed by atoms with van der Waals surface area (Å²) in [7, 11) is 2.01. The van der Waals surface area contributed by atoms with Gasteiger partial charge in [0.2, 0.25) is 0 Å². The van der Waals surface area contributed by atoms with E-state index >= 15 is 0 Å². The Balaban J connectivity index is 2.43. The molecular weight excluding hydrogens is 252 g/mol. The number of β-amino-alcohol motifs (C(OH)–C–C–N with tert-alkyl or cyclic N) is 1. The maximum absolute atomic E-state index is 10.0. The maximum atomic E-state index is 10.0. The van der Waals surface area contributed by atoms with E-state index in [1.54, 1.807) is 24.3 Å². The predicted molar refractivity (Wildman–Crippen MR) is 79.7 cm³/mol. The Hall–Kier alpha value is -1.57. The third-order valence-corrected chi connectivity index (χ3v) is 3.81. The summed E-state index contributed by atoms with van der Waals surface area (Å²) in [5.41, 5.74) is 0.664. The van der Waals surface area contributed by atoms with Gasteiger partial charge in [-0.2, -0.15) is 5.26 Å². The minimum atomic E-state index is -0.540. The molecular formula is C16H24N2O2. The number of benzene rings is 1. The number of aliphatic hydroxyl groups excluding tert-OH is 1. The molecule has 20 heavy (non-hydrogen) atoms. The van der Waals surface area contributed by atoms with Crippen molar-refractivity contribution >= 4 is 0 Å². The zero-order valence-electron chi connectivity index (χ0n) is 12.8. The highest BCUT2D eigenvalue weighted by atomic mass is 16.5. The Bertz CT molecular complexity index is 449. The van der Waals surface area contributed by atoms with Crippen molar-refractivity contribution < 1.29 is 9.84 Å². The standard InChI is InChI=1S/C16H24N2O2/c1-5-16(2,3)18(4)11-14(19)12-20-15-8-6-13(10-17)7-9-15/h6-9,14,19H,5,11-12H2,1-4H3. The summed E-state index contributed by atoms with van der Waals surface area (Å²) in [4.78, 5) is 2.14. The zero-order valence-corrected chi connectivity index (χ0v) is 12.8. The molecule has 0 saturated carbocycles. The Labute approximate surface area is 121 Å². The van der Waals surface area contributed by atoms with Crippen molar-refractivity contribution in [3.05, 3.63) is 29.8 Å². The smallest absolute Gasteiger partial charge is 0.119 e. The molecule has 1 N–H and O–H groups in total. The molecule has 1 aromatic rings. The summed E-state index contributed by atoms with van der Waals surface area (Å²) in [5.74, 6) is 0.667. The number of ether oxygens (including phenoxy) is 1. The van der Waals surface area contributed by atoms with Gasteiger partial charge in [0.25, 0.3) is 0 Å². The molecule has 0 bridgehead atoms. The first-order valence-electron chi connectivity index (χ1n) is 6.91. The van der Waals surface area contributed by atoms with E-state index in [0.29, 0.717) is 17.9 Å². The lowest BCUT2D eigenvalue weighted by atomic mass is 10.00. The Morgan fingerprint density at radius 2 is 1.95 bits per heavy atom. The molecule has 0 fully saturated rings. The van der Waals surface area contributed by atoms with Gasteiger partial charge in [-0.15, -0.1) is 0 Å². The lowest BCUT2D eigenvalue weighted by Gasteiger charge is -2.36. The molecule has 1 unspecified atom stereocenters. The number of aliphatic hydroxyl groups is 1. The Morgan fingerprint density at radius 1 is 1.35 bits per heavy atom. The van der Waals surface area contributed by atoms with Crippen LogP contribution in [0.5, 0.6) is 5.75 Å². The molecule has 0 saturated heterocycles. The van der Waals surface area contributed by atoms with E-state index in [2.05, 4.69) is 31.7 Å². The highest BCUT2D eigenvalue weighted by Crippen LogP contribution is 2.17. The highest BCUT2D eigenvalue weighted by molar-refractivity contribution is 5.34. The van der Waals surface area contributed by atoms with Crippen molar-refractivity contribution in [2.75, 3.05) is 20.2 Å². The second-order valence-corrected chi connectivity index (χ2v) is 5.65. The largest absolute Gasteiger partial charge is 0.491 e. The van der Waals surface area contributed by atoms with Gasteiger partial charge in [-0.1, -0.05) is 6.92 Å². The lowest BCUT2D eigenvalue weighted by molar-refractivity contribution is 0.0407. The monoisotopic (exact) mass is 276 g/mol. The first-order valence-corrected chi connectivity index (χ1v) is 6.91. The van der Waals surface area contributed by atoms with E-state index in [0.717, 1.165) is 6.42 Å². The van der Waals surface area contributed by atoms with Gasteiger partial charge in [-0.25, -0.2) is 0 Å². The van der Waals surface area contributed by atoms with Crippen LogP contribution in [0.3, 0.4) is 0 Å². The molecule has 0 radical (unpaired) electrons. The quantitative estimate of drug-likeness (QED) is 0.831. The molecule has 0 heterocycles. The second kappa shape index (κ2) is 7.28. The summed E-state index contributed by atoms with van der Waals surface area (Å²) < 4.78 is 5.53. The van der Waals surface area contributed by atoms with Gasteiger partial charge < -0.3 is 9.84 Å². The van der Waals surface area contributed by atoms with E-state index < -0.39 is 6.10 Å². The van der Waals surface area contributed by atoms with E-state index in [-0.39, 0.29) is 12.1 Å².